The van der Waals surface area contributed by atoms with Gasteiger partial charge >= 0.3 is 0 Å². The molecular formula is C8H4BrN3O3. The molecule has 0 aliphatic heterocycles. The Balaban J connectivity index is 2.57. The Kier molecular flexibility index (Phi) is 2.46. The van der Waals surface area contributed by atoms with Gasteiger partial charge in [0.15, 0.2) is 0 Å². The van der Waals surface area contributed by atoms with E-state index in [0.717, 1.165) is 0 Å². The van der Waals surface area contributed by atoms with Crippen LogP contribution in [0.25, 0.3) is 11.5 Å². The van der Waals surface area contributed by atoms with E-state index < -0.39 is 4.92 Å². The third-order valence-corrected chi connectivity index (χ3v) is 2.05. The summed E-state index contributed by atoms with van der Waals surface area (Å²) < 4.78 is 5.09. The summed E-state index contributed by atoms with van der Waals surface area (Å²) in [7, 11) is 0. The summed E-state index contributed by atoms with van der Waals surface area (Å²) in [6.07, 6.45) is 0. The maximum atomic E-state index is 10.7. The second-order valence-electron chi connectivity index (χ2n) is 2.64. The fraction of sp³-hybridized carbons (Fsp3) is 0. The van der Waals surface area contributed by atoms with E-state index in [1.54, 1.807) is 18.2 Å². The fourth-order valence-corrected chi connectivity index (χ4v) is 1.36. The van der Waals surface area contributed by atoms with Crippen LogP contribution < -0.4 is 0 Å². The van der Waals surface area contributed by atoms with Crippen molar-refractivity contribution in [3.63, 3.8) is 0 Å². The Hall–Kier alpha value is -1.76. The van der Waals surface area contributed by atoms with Crippen molar-refractivity contribution in [2.75, 3.05) is 0 Å². The average Bonchev–Trinajstić information content (AvgIpc) is 2.65. The monoisotopic (exact) mass is 269 g/mol. The summed E-state index contributed by atoms with van der Waals surface area (Å²) in [5, 5.41) is 14.2. The first-order valence-electron chi connectivity index (χ1n) is 3.91. The van der Waals surface area contributed by atoms with Crippen molar-refractivity contribution in [1.82, 2.24) is 10.1 Å². The van der Waals surface area contributed by atoms with E-state index in [2.05, 4.69) is 26.1 Å². The molecule has 0 bridgehead atoms. The van der Waals surface area contributed by atoms with Crippen LogP contribution in [0, 0.1) is 10.1 Å². The Bertz CT molecular complexity index is 511. The molecule has 1 heterocycles. The maximum Gasteiger partial charge on any atom is 0.282 e. The van der Waals surface area contributed by atoms with Crippen LogP contribution in [0.15, 0.2) is 33.5 Å². The quantitative estimate of drug-likeness (QED) is 0.618. The number of benzene rings is 1. The largest absolute Gasteiger partial charge is 0.333 e. The SMILES string of the molecule is O=[N+]([O-])c1ccccc1-c1nc(Br)no1. The molecule has 1 aromatic heterocycles. The molecule has 0 saturated heterocycles. The summed E-state index contributed by atoms with van der Waals surface area (Å²) >= 11 is 3.01. The Morgan fingerprint density at radius 1 is 1.40 bits per heavy atom. The standard InChI is InChI=1S/C8H4BrN3O3/c9-8-10-7(15-11-8)5-3-1-2-4-6(5)12(13)14/h1-4H. The van der Waals surface area contributed by atoms with Crippen LogP contribution in [0.1, 0.15) is 0 Å². The van der Waals surface area contributed by atoms with Gasteiger partial charge in [-0.15, -0.1) is 0 Å². The smallest absolute Gasteiger partial charge is 0.282 e. The lowest BCUT2D eigenvalue weighted by Crippen LogP contribution is -1.91. The first-order chi connectivity index (χ1) is 7.18. The van der Waals surface area contributed by atoms with E-state index in [1.165, 1.54) is 6.07 Å². The molecule has 0 aliphatic rings. The molecule has 2 rings (SSSR count). The Labute approximate surface area is 92.2 Å². The lowest BCUT2D eigenvalue weighted by atomic mass is 10.2. The minimum atomic E-state index is -0.493. The van der Waals surface area contributed by atoms with E-state index in [-0.39, 0.29) is 16.3 Å². The van der Waals surface area contributed by atoms with Crippen molar-refractivity contribution < 1.29 is 9.45 Å². The summed E-state index contributed by atoms with van der Waals surface area (Å²) in [6, 6.07) is 6.18. The number of hydrogen-bond acceptors (Lipinski definition) is 5. The summed E-state index contributed by atoms with van der Waals surface area (Å²) in [5.41, 5.74) is 0.245. The molecule has 1 aromatic carbocycles. The number of nitro benzene ring substituents is 1. The van der Waals surface area contributed by atoms with Gasteiger partial charge in [-0.2, -0.15) is 4.98 Å². The molecule has 0 unspecified atom stereocenters. The van der Waals surface area contributed by atoms with Crippen molar-refractivity contribution >= 4 is 21.6 Å². The van der Waals surface area contributed by atoms with Crippen LogP contribution in [0.2, 0.25) is 0 Å². The number of rotatable bonds is 2. The number of nitro groups is 1. The van der Waals surface area contributed by atoms with Crippen molar-refractivity contribution in [2.24, 2.45) is 0 Å². The highest BCUT2D eigenvalue weighted by atomic mass is 79.9. The average molecular weight is 270 g/mol. The van der Waals surface area contributed by atoms with Crippen LogP contribution >= 0.6 is 15.9 Å². The van der Waals surface area contributed by atoms with E-state index >= 15 is 0 Å². The number of nitrogens with zero attached hydrogens (tertiary/aromatic N) is 3. The van der Waals surface area contributed by atoms with Crippen LogP contribution in [0.5, 0.6) is 0 Å². The summed E-state index contributed by atoms with van der Waals surface area (Å²) in [6.45, 7) is 0. The highest BCUT2D eigenvalue weighted by molar-refractivity contribution is 9.10. The zero-order valence-electron chi connectivity index (χ0n) is 7.25. The molecule has 0 N–H and O–H groups in total. The topological polar surface area (TPSA) is 82.1 Å². The molecule has 15 heavy (non-hydrogen) atoms. The number of aromatic nitrogens is 2. The van der Waals surface area contributed by atoms with Gasteiger partial charge in [0.25, 0.3) is 11.6 Å². The van der Waals surface area contributed by atoms with Gasteiger partial charge < -0.3 is 4.52 Å². The predicted octanol–water partition coefficient (Wildman–Crippen LogP) is 2.41. The number of halogens is 1. The lowest BCUT2D eigenvalue weighted by Gasteiger charge is -1.95. The van der Waals surface area contributed by atoms with E-state index in [9.17, 15) is 10.1 Å². The molecule has 76 valence electrons. The molecule has 0 radical (unpaired) electrons. The third kappa shape index (κ3) is 1.86. The Morgan fingerprint density at radius 2 is 2.13 bits per heavy atom. The highest BCUT2D eigenvalue weighted by Gasteiger charge is 2.18. The van der Waals surface area contributed by atoms with Crippen LogP contribution in [0.3, 0.4) is 0 Å². The molecule has 7 heteroatoms. The van der Waals surface area contributed by atoms with Gasteiger partial charge in [-0.05, 0) is 27.2 Å². The van der Waals surface area contributed by atoms with Gasteiger partial charge in [0.2, 0.25) is 4.73 Å². The number of hydrogen-bond donors (Lipinski definition) is 0. The molecular weight excluding hydrogens is 266 g/mol. The van der Waals surface area contributed by atoms with E-state index in [0.29, 0.717) is 5.56 Å². The van der Waals surface area contributed by atoms with Gasteiger partial charge in [-0.3, -0.25) is 10.1 Å². The Morgan fingerprint density at radius 3 is 2.73 bits per heavy atom. The maximum absolute atomic E-state index is 10.7. The van der Waals surface area contributed by atoms with E-state index in [1.807, 2.05) is 0 Å². The van der Waals surface area contributed by atoms with Gasteiger partial charge in [0.1, 0.15) is 5.56 Å². The lowest BCUT2D eigenvalue weighted by molar-refractivity contribution is -0.384. The van der Waals surface area contributed by atoms with Crippen LogP contribution in [0.4, 0.5) is 5.69 Å². The fourth-order valence-electron chi connectivity index (χ4n) is 1.13. The van der Waals surface area contributed by atoms with E-state index in [4.69, 9.17) is 4.52 Å². The molecule has 0 saturated carbocycles. The normalized spacial score (nSPS) is 10.2. The first-order valence-corrected chi connectivity index (χ1v) is 4.71. The zero-order valence-corrected chi connectivity index (χ0v) is 8.84. The summed E-state index contributed by atoms with van der Waals surface area (Å²) in [5.74, 6) is 0.120. The first kappa shape index (κ1) is 9.78. The van der Waals surface area contributed by atoms with Crippen molar-refractivity contribution in [3.05, 3.63) is 39.1 Å². The zero-order chi connectivity index (χ0) is 10.8. The van der Waals surface area contributed by atoms with Crippen LogP contribution in [-0.2, 0) is 0 Å². The van der Waals surface area contributed by atoms with Gasteiger partial charge in [-0.1, -0.05) is 12.1 Å². The van der Waals surface area contributed by atoms with Crippen LogP contribution in [-0.4, -0.2) is 15.1 Å². The molecule has 0 fully saturated rings. The minimum Gasteiger partial charge on any atom is -0.333 e. The van der Waals surface area contributed by atoms with Crippen molar-refractivity contribution in [2.45, 2.75) is 0 Å². The van der Waals surface area contributed by atoms with Gasteiger partial charge in [0, 0.05) is 6.07 Å². The van der Waals surface area contributed by atoms with Gasteiger partial charge in [-0.25, -0.2) is 0 Å². The predicted molar refractivity (Wildman–Crippen MR) is 54.1 cm³/mol. The minimum absolute atomic E-state index is 0.0614. The molecule has 0 amide bonds. The van der Waals surface area contributed by atoms with Crippen molar-refractivity contribution in [1.29, 1.82) is 0 Å². The highest BCUT2D eigenvalue weighted by Crippen LogP contribution is 2.28. The second kappa shape index (κ2) is 3.77. The number of para-hydroxylation sites is 1. The molecule has 0 spiro atoms. The molecule has 0 atom stereocenters. The van der Waals surface area contributed by atoms with Gasteiger partial charge in [0.05, 0.1) is 4.92 Å². The van der Waals surface area contributed by atoms with Crippen molar-refractivity contribution in [3.8, 4) is 11.5 Å². The molecule has 6 nitrogen and oxygen atoms in total. The molecule has 2 aromatic rings. The summed E-state index contributed by atoms with van der Waals surface area (Å²) in [4.78, 5) is 14.1. The third-order valence-electron chi connectivity index (χ3n) is 1.73. The molecule has 0 aliphatic carbocycles. The second-order valence-corrected chi connectivity index (χ2v) is 3.35.